The summed E-state index contributed by atoms with van der Waals surface area (Å²) in [5.41, 5.74) is 4.45. The molecule has 0 heterocycles. The van der Waals surface area contributed by atoms with Gasteiger partial charge in [0, 0.05) is 17.3 Å². The summed E-state index contributed by atoms with van der Waals surface area (Å²) in [6, 6.07) is 5.91. The van der Waals surface area contributed by atoms with Crippen LogP contribution in [-0.4, -0.2) is 23.3 Å². The van der Waals surface area contributed by atoms with Crippen LogP contribution in [-0.2, 0) is 0 Å². The normalized spacial score (nSPS) is 11.2. The molecule has 0 N–H and O–H groups in total. The van der Waals surface area contributed by atoms with Crippen LogP contribution in [0, 0.1) is 27.7 Å². The highest BCUT2D eigenvalue weighted by atomic mass is 79.9. The van der Waals surface area contributed by atoms with E-state index in [0.717, 1.165) is 58.3 Å². The number of aryl methyl sites for hydroxylation is 3. The molecular formula is C28H39BrO4. The van der Waals surface area contributed by atoms with Gasteiger partial charge in [-0.05, 0) is 103 Å². The maximum atomic E-state index is 13.2. The lowest BCUT2D eigenvalue weighted by Gasteiger charge is -2.21. The van der Waals surface area contributed by atoms with Crippen molar-refractivity contribution in [1.29, 1.82) is 0 Å². The number of hydrogen-bond donors (Lipinski definition) is 0. The topological polar surface area (TPSA) is 44.8 Å². The Kier molecular flexibility index (Phi) is 10.3. The van der Waals surface area contributed by atoms with E-state index >= 15 is 0 Å². The number of benzene rings is 2. The molecule has 5 heteroatoms. The first-order valence-electron chi connectivity index (χ1n) is 11.9. The molecule has 0 aliphatic carbocycles. The van der Waals surface area contributed by atoms with Gasteiger partial charge in [-0.25, -0.2) is 0 Å². The molecule has 0 aliphatic rings. The molecule has 2 rings (SSSR count). The third-order valence-electron chi connectivity index (χ3n) is 5.35. The predicted octanol–water partition coefficient (Wildman–Crippen LogP) is 8.42. The standard InChI is InChI=1S/C28H39BrO4/c1-17(2)31-25-16-21(7)28(22(8)26(25)24(30)12-10-9-11-13-29)33-23-14-19(5)27(20(6)15-23)32-18(3)4/h14-18H,9-13H2,1-8H3. The van der Waals surface area contributed by atoms with Gasteiger partial charge in [-0.1, -0.05) is 22.4 Å². The maximum absolute atomic E-state index is 13.2. The third kappa shape index (κ3) is 7.49. The van der Waals surface area contributed by atoms with Crippen molar-refractivity contribution in [3.8, 4) is 23.0 Å². The fourth-order valence-electron chi connectivity index (χ4n) is 3.97. The van der Waals surface area contributed by atoms with E-state index in [1.54, 1.807) is 0 Å². The molecule has 0 radical (unpaired) electrons. The number of halogens is 1. The van der Waals surface area contributed by atoms with Gasteiger partial charge in [0.2, 0.25) is 0 Å². The highest BCUT2D eigenvalue weighted by Crippen LogP contribution is 2.39. The second-order valence-corrected chi connectivity index (χ2v) is 10.1. The van der Waals surface area contributed by atoms with Crippen LogP contribution in [0.5, 0.6) is 23.0 Å². The average molecular weight is 520 g/mol. The van der Waals surface area contributed by atoms with Crippen LogP contribution in [0.25, 0.3) is 0 Å². The van der Waals surface area contributed by atoms with Gasteiger partial charge in [0.15, 0.2) is 5.78 Å². The average Bonchev–Trinajstić information content (AvgIpc) is 2.70. The fraction of sp³-hybridized carbons (Fsp3) is 0.536. The number of alkyl halides is 1. The molecule has 0 amide bonds. The van der Waals surface area contributed by atoms with Gasteiger partial charge in [0.05, 0.1) is 17.8 Å². The van der Waals surface area contributed by atoms with Crippen molar-refractivity contribution in [3.63, 3.8) is 0 Å². The van der Waals surface area contributed by atoms with Gasteiger partial charge in [-0.15, -0.1) is 0 Å². The first-order chi connectivity index (χ1) is 15.5. The zero-order valence-electron chi connectivity index (χ0n) is 21.4. The quantitative estimate of drug-likeness (QED) is 0.160. The summed E-state index contributed by atoms with van der Waals surface area (Å²) in [5.74, 6) is 3.10. The Morgan fingerprint density at radius 1 is 0.818 bits per heavy atom. The van der Waals surface area contributed by atoms with E-state index in [9.17, 15) is 4.79 Å². The summed E-state index contributed by atoms with van der Waals surface area (Å²) >= 11 is 3.46. The predicted molar refractivity (Wildman–Crippen MR) is 140 cm³/mol. The lowest BCUT2D eigenvalue weighted by Crippen LogP contribution is -2.13. The van der Waals surface area contributed by atoms with Crippen molar-refractivity contribution >= 4 is 21.7 Å². The molecular weight excluding hydrogens is 480 g/mol. The molecule has 0 fully saturated rings. The van der Waals surface area contributed by atoms with Gasteiger partial charge in [-0.3, -0.25) is 4.79 Å². The Labute approximate surface area is 208 Å². The summed E-state index contributed by atoms with van der Waals surface area (Å²) in [7, 11) is 0. The smallest absolute Gasteiger partial charge is 0.167 e. The largest absolute Gasteiger partial charge is 0.490 e. The minimum absolute atomic E-state index is 0.0192. The number of unbranched alkanes of at least 4 members (excludes halogenated alkanes) is 2. The van der Waals surface area contributed by atoms with Gasteiger partial charge < -0.3 is 14.2 Å². The lowest BCUT2D eigenvalue weighted by atomic mass is 9.96. The number of carbonyl (C=O) groups excluding carboxylic acids is 1. The highest BCUT2D eigenvalue weighted by Gasteiger charge is 2.22. The molecule has 0 spiro atoms. The second-order valence-electron chi connectivity index (χ2n) is 9.27. The SMILES string of the molecule is Cc1cc(Oc2c(C)cc(OC(C)C)c(C(=O)CCCCCBr)c2C)cc(C)c1OC(C)C. The minimum Gasteiger partial charge on any atom is -0.490 e. The first kappa shape index (κ1) is 27.2. The molecule has 0 bridgehead atoms. The fourth-order valence-corrected chi connectivity index (χ4v) is 4.37. The molecule has 182 valence electrons. The Balaban J connectivity index is 2.44. The van der Waals surface area contributed by atoms with Crippen LogP contribution < -0.4 is 14.2 Å². The minimum atomic E-state index is -0.0192. The molecule has 0 saturated carbocycles. The van der Waals surface area contributed by atoms with Crippen LogP contribution in [0.4, 0.5) is 0 Å². The summed E-state index contributed by atoms with van der Waals surface area (Å²) in [6.45, 7) is 16.0. The summed E-state index contributed by atoms with van der Waals surface area (Å²) in [5, 5.41) is 0.963. The van der Waals surface area contributed by atoms with Crippen molar-refractivity contribution in [1.82, 2.24) is 0 Å². The van der Waals surface area contributed by atoms with Crippen LogP contribution >= 0.6 is 15.9 Å². The molecule has 0 unspecified atom stereocenters. The van der Waals surface area contributed by atoms with Crippen molar-refractivity contribution in [2.24, 2.45) is 0 Å². The second kappa shape index (κ2) is 12.5. The van der Waals surface area contributed by atoms with Gasteiger partial charge >= 0.3 is 0 Å². The molecule has 0 aliphatic heterocycles. The number of carbonyl (C=O) groups is 1. The van der Waals surface area contributed by atoms with Gasteiger partial charge in [0.1, 0.15) is 23.0 Å². The molecule has 4 nitrogen and oxygen atoms in total. The molecule has 0 atom stereocenters. The lowest BCUT2D eigenvalue weighted by molar-refractivity contribution is 0.0972. The van der Waals surface area contributed by atoms with Crippen molar-refractivity contribution < 1.29 is 19.0 Å². The van der Waals surface area contributed by atoms with Crippen LogP contribution in [0.3, 0.4) is 0 Å². The molecule has 0 aromatic heterocycles. The molecule has 33 heavy (non-hydrogen) atoms. The van der Waals surface area contributed by atoms with E-state index in [0.29, 0.717) is 23.5 Å². The Morgan fingerprint density at radius 2 is 1.39 bits per heavy atom. The van der Waals surface area contributed by atoms with E-state index in [1.165, 1.54) is 0 Å². The number of ketones is 1. The van der Waals surface area contributed by atoms with E-state index < -0.39 is 0 Å². The van der Waals surface area contributed by atoms with Crippen molar-refractivity contribution in [3.05, 3.63) is 46.0 Å². The van der Waals surface area contributed by atoms with E-state index in [4.69, 9.17) is 14.2 Å². The Bertz CT molecular complexity index is 940. The van der Waals surface area contributed by atoms with E-state index in [-0.39, 0.29) is 18.0 Å². The zero-order valence-corrected chi connectivity index (χ0v) is 23.0. The number of Topliss-reactive ketones (excluding diaryl/α,β-unsaturated/α-hetero) is 1. The summed E-state index contributed by atoms with van der Waals surface area (Å²) in [4.78, 5) is 13.2. The number of rotatable bonds is 12. The molecule has 2 aromatic carbocycles. The molecule has 0 saturated heterocycles. The Hall–Kier alpha value is -2.01. The molecule has 2 aromatic rings. The van der Waals surface area contributed by atoms with E-state index in [2.05, 4.69) is 15.9 Å². The van der Waals surface area contributed by atoms with Crippen molar-refractivity contribution in [2.75, 3.05) is 5.33 Å². The monoisotopic (exact) mass is 518 g/mol. The highest BCUT2D eigenvalue weighted by molar-refractivity contribution is 9.09. The van der Waals surface area contributed by atoms with Gasteiger partial charge in [-0.2, -0.15) is 0 Å². The summed E-state index contributed by atoms with van der Waals surface area (Å²) in [6.07, 6.45) is 3.55. The van der Waals surface area contributed by atoms with E-state index in [1.807, 2.05) is 73.6 Å². The van der Waals surface area contributed by atoms with Crippen LogP contribution in [0.2, 0.25) is 0 Å². The number of ether oxygens (including phenoxy) is 3. The first-order valence-corrected chi connectivity index (χ1v) is 13.0. The van der Waals surface area contributed by atoms with Crippen LogP contribution in [0.15, 0.2) is 18.2 Å². The third-order valence-corrected chi connectivity index (χ3v) is 5.91. The van der Waals surface area contributed by atoms with Crippen molar-refractivity contribution in [2.45, 2.75) is 93.3 Å². The number of hydrogen-bond acceptors (Lipinski definition) is 4. The zero-order chi connectivity index (χ0) is 24.7. The Morgan fingerprint density at radius 3 is 1.94 bits per heavy atom. The maximum Gasteiger partial charge on any atom is 0.167 e. The summed E-state index contributed by atoms with van der Waals surface area (Å²) < 4.78 is 18.4. The van der Waals surface area contributed by atoms with Crippen LogP contribution in [0.1, 0.15) is 86.0 Å². The van der Waals surface area contributed by atoms with Gasteiger partial charge in [0.25, 0.3) is 0 Å².